The quantitative estimate of drug-likeness (QED) is 0.468. The van der Waals surface area contributed by atoms with E-state index in [2.05, 4.69) is 20.6 Å². The van der Waals surface area contributed by atoms with Crippen LogP contribution < -0.4 is 10.6 Å². The van der Waals surface area contributed by atoms with E-state index in [4.69, 9.17) is 4.74 Å². The van der Waals surface area contributed by atoms with Gasteiger partial charge in [0.2, 0.25) is 0 Å². The fourth-order valence-electron chi connectivity index (χ4n) is 3.05. The first-order valence-corrected chi connectivity index (χ1v) is 10.6. The van der Waals surface area contributed by atoms with Crippen LogP contribution in [-0.2, 0) is 10.9 Å². The number of amides is 2. The number of rotatable bonds is 4. The summed E-state index contributed by atoms with van der Waals surface area (Å²) in [5.74, 6) is -1.55. The summed E-state index contributed by atoms with van der Waals surface area (Å²) in [6.45, 7) is 6.33. The minimum Gasteiger partial charge on any atom is -0.506 e. The second-order valence-electron chi connectivity index (χ2n) is 8.08. The predicted octanol–water partition coefficient (Wildman–Crippen LogP) is 5.25. The molecule has 0 fully saturated rings. The molecule has 2 heterocycles. The van der Waals surface area contributed by atoms with Gasteiger partial charge in [-0.1, -0.05) is 6.07 Å². The second kappa shape index (κ2) is 8.85. The zero-order chi connectivity index (χ0) is 24.6. The van der Waals surface area contributed by atoms with Gasteiger partial charge < -0.3 is 15.2 Å². The van der Waals surface area contributed by atoms with Crippen LogP contribution in [0.15, 0.2) is 29.8 Å². The number of anilines is 1. The number of thiazole rings is 1. The summed E-state index contributed by atoms with van der Waals surface area (Å²) in [5.41, 5.74) is -3.14. The van der Waals surface area contributed by atoms with Gasteiger partial charge in [-0.3, -0.25) is 10.1 Å². The van der Waals surface area contributed by atoms with E-state index in [-0.39, 0.29) is 21.8 Å². The summed E-state index contributed by atoms with van der Waals surface area (Å²) in [6.07, 6.45) is -4.18. The molecule has 0 saturated heterocycles. The number of para-hydroxylation sites is 1. The number of alkyl halides is 3. The largest absolute Gasteiger partial charge is 0.506 e. The van der Waals surface area contributed by atoms with Gasteiger partial charge in [-0.25, -0.2) is 14.8 Å². The summed E-state index contributed by atoms with van der Waals surface area (Å²) in [4.78, 5) is 33.2. The Labute approximate surface area is 190 Å². The predicted molar refractivity (Wildman–Crippen MR) is 116 cm³/mol. The molecule has 0 aliphatic rings. The highest BCUT2D eigenvalue weighted by molar-refractivity contribution is 7.13. The van der Waals surface area contributed by atoms with E-state index in [0.29, 0.717) is 0 Å². The number of nitrogens with one attached hydrogen (secondary N) is 2. The van der Waals surface area contributed by atoms with Gasteiger partial charge in [-0.2, -0.15) is 13.2 Å². The number of aromatic nitrogens is 2. The lowest BCUT2D eigenvalue weighted by atomic mass is 10.00. The lowest BCUT2D eigenvalue weighted by Gasteiger charge is -2.23. The number of carbonyl (C=O) groups is 2. The Balaban J connectivity index is 2.16. The molecule has 0 saturated carbocycles. The Bertz CT molecular complexity index is 1190. The van der Waals surface area contributed by atoms with Gasteiger partial charge in [-0.15, -0.1) is 11.3 Å². The number of hydrogen-bond donors (Lipinski definition) is 3. The average molecular weight is 482 g/mol. The van der Waals surface area contributed by atoms with Crippen molar-refractivity contribution in [3.63, 3.8) is 0 Å². The highest BCUT2D eigenvalue weighted by Gasteiger charge is 2.35. The maximum Gasteiger partial charge on any atom is 0.418 e. The van der Waals surface area contributed by atoms with E-state index < -0.39 is 46.6 Å². The van der Waals surface area contributed by atoms with Crippen LogP contribution in [0.1, 0.15) is 55.4 Å². The Kier molecular flexibility index (Phi) is 6.50. The molecule has 1 aromatic carbocycles. The molecule has 0 spiro atoms. The molecule has 33 heavy (non-hydrogen) atoms. The van der Waals surface area contributed by atoms with Gasteiger partial charge in [0.05, 0.1) is 22.8 Å². The van der Waals surface area contributed by atoms with Crippen LogP contribution in [0.3, 0.4) is 0 Å². The van der Waals surface area contributed by atoms with Gasteiger partial charge in [-0.05, 0) is 39.8 Å². The minimum atomic E-state index is -4.76. The Morgan fingerprint density at radius 3 is 2.48 bits per heavy atom. The number of pyridine rings is 1. The molecule has 0 aliphatic carbocycles. The van der Waals surface area contributed by atoms with Crippen LogP contribution in [0.5, 0.6) is 5.75 Å². The first kappa shape index (κ1) is 24.2. The van der Waals surface area contributed by atoms with Crippen LogP contribution in [0.4, 0.5) is 23.1 Å². The molecule has 0 aliphatic heterocycles. The van der Waals surface area contributed by atoms with Crippen molar-refractivity contribution in [2.24, 2.45) is 0 Å². The summed E-state index contributed by atoms with van der Waals surface area (Å²) >= 11 is 1.11. The molecule has 2 amide bonds. The topological polar surface area (TPSA) is 113 Å². The highest BCUT2D eigenvalue weighted by Crippen LogP contribution is 2.39. The van der Waals surface area contributed by atoms with Crippen molar-refractivity contribution in [3.05, 3.63) is 46.6 Å². The number of fused-ring (bicyclic) bond motifs is 1. The van der Waals surface area contributed by atoms with E-state index in [0.717, 1.165) is 23.5 Å². The van der Waals surface area contributed by atoms with Crippen molar-refractivity contribution in [1.29, 1.82) is 0 Å². The smallest absolute Gasteiger partial charge is 0.418 e. The molecular formula is C21H21F3N4O4S. The number of aromatic hydroxyl groups is 1. The van der Waals surface area contributed by atoms with Crippen LogP contribution >= 0.6 is 11.3 Å². The minimum absolute atomic E-state index is 0.210. The lowest BCUT2D eigenvalue weighted by molar-refractivity contribution is -0.136. The number of nitrogens with zero attached hydrogens (tertiary/aromatic N) is 2. The van der Waals surface area contributed by atoms with Gasteiger partial charge in [0, 0.05) is 17.0 Å². The zero-order valence-corrected chi connectivity index (χ0v) is 18.9. The molecule has 12 heteroatoms. The average Bonchev–Trinajstić information content (AvgIpc) is 3.17. The zero-order valence-electron chi connectivity index (χ0n) is 18.1. The van der Waals surface area contributed by atoms with Crippen LogP contribution in [0.25, 0.3) is 10.9 Å². The van der Waals surface area contributed by atoms with Gasteiger partial charge in [0.1, 0.15) is 16.9 Å². The SMILES string of the molecule is C[C@@H](NC(=O)OC(C)(C)C)c1nc2c(C(F)(F)F)cccc2c(O)c1C(=O)Nc1nccs1. The summed E-state index contributed by atoms with van der Waals surface area (Å²) < 4.78 is 46.0. The Morgan fingerprint density at radius 2 is 1.91 bits per heavy atom. The van der Waals surface area contributed by atoms with Crippen molar-refractivity contribution in [1.82, 2.24) is 15.3 Å². The first-order valence-electron chi connectivity index (χ1n) is 9.71. The second-order valence-corrected chi connectivity index (χ2v) is 8.97. The number of ether oxygens (including phenoxy) is 1. The molecular weight excluding hydrogens is 461 g/mol. The Morgan fingerprint density at radius 1 is 1.21 bits per heavy atom. The van der Waals surface area contributed by atoms with Gasteiger partial charge >= 0.3 is 12.3 Å². The number of carbonyl (C=O) groups excluding carboxylic acids is 2. The standard InChI is InChI=1S/C21H21F3N4O4S/c1-10(26-19(31)32-20(2,3)4)14-13(17(30)28-18-25-8-9-33-18)16(29)11-6-5-7-12(15(11)27-14)21(22,23)24/h5-10H,1-4H3,(H,26,31)(H,27,29)(H,25,28,30)/t10-/m1/s1. The monoisotopic (exact) mass is 482 g/mol. The molecule has 0 unspecified atom stereocenters. The van der Waals surface area contributed by atoms with E-state index >= 15 is 0 Å². The van der Waals surface area contributed by atoms with Crippen LogP contribution in [0.2, 0.25) is 0 Å². The van der Waals surface area contributed by atoms with Crippen molar-refractivity contribution in [2.45, 2.75) is 45.5 Å². The normalized spacial score (nSPS) is 12.9. The first-order chi connectivity index (χ1) is 15.3. The summed E-state index contributed by atoms with van der Waals surface area (Å²) in [6, 6.07) is 2.06. The summed E-state index contributed by atoms with van der Waals surface area (Å²) in [5, 5.41) is 17.3. The molecule has 176 valence electrons. The number of hydrogen-bond acceptors (Lipinski definition) is 7. The molecule has 2 aromatic heterocycles. The maximum atomic E-state index is 13.6. The number of alkyl carbamates (subject to hydrolysis) is 1. The van der Waals surface area contributed by atoms with Crippen LogP contribution in [-0.4, -0.2) is 32.7 Å². The Hall–Kier alpha value is -3.41. The van der Waals surface area contributed by atoms with Gasteiger partial charge in [0.25, 0.3) is 5.91 Å². The van der Waals surface area contributed by atoms with Crippen LogP contribution in [0, 0.1) is 0 Å². The lowest BCUT2D eigenvalue weighted by Crippen LogP contribution is -2.35. The third kappa shape index (κ3) is 5.51. The number of benzene rings is 1. The fraction of sp³-hybridized carbons (Fsp3) is 0.333. The van der Waals surface area contributed by atoms with Crippen molar-refractivity contribution < 1.29 is 32.6 Å². The fourth-order valence-corrected chi connectivity index (χ4v) is 3.57. The van der Waals surface area contributed by atoms with E-state index in [9.17, 15) is 27.9 Å². The van der Waals surface area contributed by atoms with Crippen molar-refractivity contribution in [3.8, 4) is 5.75 Å². The molecule has 0 radical (unpaired) electrons. The van der Waals surface area contributed by atoms with E-state index in [1.807, 2.05) is 0 Å². The molecule has 0 bridgehead atoms. The molecule has 3 aromatic rings. The third-order valence-corrected chi connectivity index (χ3v) is 5.03. The molecule has 1 atom stereocenters. The highest BCUT2D eigenvalue weighted by atomic mass is 32.1. The van der Waals surface area contributed by atoms with Crippen molar-refractivity contribution in [2.75, 3.05) is 5.32 Å². The van der Waals surface area contributed by atoms with Gasteiger partial charge in [0.15, 0.2) is 5.13 Å². The number of halogens is 3. The maximum absolute atomic E-state index is 13.6. The summed E-state index contributed by atoms with van der Waals surface area (Å²) in [7, 11) is 0. The molecule has 8 nitrogen and oxygen atoms in total. The third-order valence-electron chi connectivity index (χ3n) is 4.34. The molecule has 3 rings (SSSR count). The molecule has 3 N–H and O–H groups in total. The van der Waals surface area contributed by atoms with E-state index in [1.165, 1.54) is 19.2 Å². The van der Waals surface area contributed by atoms with E-state index in [1.54, 1.807) is 26.2 Å². The van der Waals surface area contributed by atoms with Crippen molar-refractivity contribution >= 4 is 39.4 Å².